The number of unbranched alkanes of at least 4 members (excludes halogenated alkanes) is 5. The summed E-state index contributed by atoms with van der Waals surface area (Å²) < 4.78 is 12.4. The molecule has 0 saturated heterocycles. The molecule has 2 aromatic rings. The highest BCUT2D eigenvalue weighted by molar-refractivity contribution is 5.70. The normalized spacial score (nSPS) is 12.4. The van der Waals surface area contributed by atoms with Crippen molar-refractivity contribution in [3.05, 3.63) is 65.7 Å². The van der Waals surface area contributed by atoms with Gasteiger partial charge in [-0.2, -0.15) is 0 Å². The van der Waals surface area contributed by atoms with Crippen LogP contribution in [0.25, 0.3) is 0 Å². The number of hydrogen-bond donors (Lipinski definition) is 0. The van der Waals surface area contributed by atoms with Crippen LogP contribution >= 0.6 is 0 Å². The fourth-order valence-corrected chi connectivity index (χ4v) is 4.08. The SMILES string of the molecule is CCCCCCCCc1cccc(OC(CCC)OC(=O)C[N+](C)(C)Cc2ccccc2)c1. The van der Waals surface area contributed by atoms with E-state index in [1.807, 2.05) is 30.3 Å². The largest absolute Gasteiger partial charge is 0.455 e. The van der Waals surface area contributed by atoms with E-state index in [0.29, 0.717) is 17.4 Å². The van der Waals surface area contributed by atoms with Crippen molar-refractivity contribution in [1.29, 1.82) is 0 Å². The maximum absolute atomic E-state index is 12.7. The van der Waals surface area contributed by atoms with E-state index < -0.39 is 6.29 Å². The second-order valence-corrected chi connectivity index (χ2v) is 9.73. The molecular weight excluding hydrogens is 410 g/mol. The topological polar surface area (TPSA) is 35.5 Å². The summed E-state index contributed by atoms with van der Waals surface area (Å²) in [5.41, 5.74) is 2.49. The lowest BCUT2D eigenvalue weighted by molar-refractivity contribution is -0.896. The Balaban J connectivity index is 1.86. The van der Waals surface area contributed by atoms with Gasteiger partial charge in [0.2, 0.25) is 6.29 Å². The first-order valence-electron chi connectivity index (χ1n) is 12.7. The fourth-order valence-electron chi connectivity index (χ4n) is 4.08. The van der Waals surface area contributed by atoms with Gasteiger partial charge in [-0.05, 0) is 37.0 Å². The van der Waals surface area contributed by atoms with Crippen molar-refractivity contribution < 1.29 is 18.8 Å². The molecule has 0 saturated carbocycles. The number of rotatable bonds is 16. The molecule has 0 amide bonds. The molecule has 33 heavy (non-hydrogen) atoms. The first-order valence-corrected chi connectivity index (χ1v) is 12.7. The van der Waals surface area contributed by atoms with E-state index in [4.69, 9.17) is 9.47 Å². The highest BCUT2D eigenvalue weighted by Gasteiger charge is 2.25. The van der Waals surface area contributed by atoms with E-state index in [1.165, 1.54) is 49.7 Å². The molecule has 182 valence electrons. The molecule has 0 radical (unpaired) electrons. The molecule has 0 aliphatic heterocycles. The summed E-state index contributed by atoms with van der Waals surface area (Å²) in [4.78, 5) is 12.7. The third-order valence-electron chi connectivity index (χ3n) is 5.78. The standard InChI is InChI=1S/C29H44NO3/c1-5-7-8-9-10-12-17-25-20-15-21-27(22-25)32-29(16-6-2)33-28(31)24-30(3,4)23-26-18-13-11-14-19-26/h11,13-15,18-22,29H,5-10,12,16-17,23-24H2,1-4H3/q+1. The number of esters is 1. The average Bonchev–Trinajstić information content (AvgIpc) is 2.76. The van der Waals surface area contributed by atoms with Crippen LogP contribution in [0, 0.1) is 0 Å². The summed E-state index contributed by atoms with van der Waals surface area (Å²) in [6.07, 6.45) is 9.83. The third kappa shape index (κ3) is 11.4. The maximum atomic E-state index is 12.7. The molecule has 0 spiro atoms. The van der Waals surface area contributed by atoms with Gasteiger partial charge in [0.15, 0.2) is 6.54 Å². The summed E-state index contributed by atoms with van der Waals surface area (Å²) in [6, 6.07) is 18.5. The Bertz CT molecular complexity index is 804. The summed E-state index contributed by atoms with van der Waals surface area (Å²) in [6.45, 7) is 5.40. The minimum absolute atomic E-state index is 0.224. The third-order valence-corrected chi connectivity index (χ3v) is 5.78. The monoisotopic (exact) mass is 454 g/mol. The van der Waals surface area contributed by atoms with Gasteiger partial charge in [0.05, 0.1) is 14.1 Å². The molecule has 1 unspecified atom stereocenters. The molecule has 0 bridgehead atoms. The van der Waals surface area contributed by atoms with E-state index in [0.717, 1.165) is 25.1 Å². The van der Waals surface area contributed by atoms with Crippen molar-refractivity contribution in [2.75, 3.05) is 20.6 Å². The van der Waals surface area contributed by atoms with Crippen LogP contribution in [0.3, 0.4) is 0 Å². The van der Waals surface area contributed by atoms with Gasteiger partial charge in [0, 0.05) is 12.0 Å². The van der Waals surface area contributed by atoms with Gasteiger partial charge in [-0.15, -0.1) is 0 Å². The van der Waals surface area contributed by atoms with E-state index in [-0.39, 0.29) is 5.97 Å². The van der Waals surface area contributed by atoms with Gasteiger partial charge in [-0.3, -0.25) is 0 Å². The quantitative estimate of drug-likeness (QED) is 0.120. The number of carbonyl (C=O) groups is 1. The van der Waals surface area contributed by atoms with E-state index in [2.05, 4.69) is 52.2 Å². The van der Waals surface area contributed by atoms with Gasteiger partial charge in [0.1, 0.15) is 12.3 Å². The highest BCUT2D eigenvalue weighted by Crippen LogP contribution is 2.20. The van der Waals surface area contributed by atoms with Crippen LogP contribution in [0.2, 0.25) is 0 Å². The lowest BCUT2D eigenvalue weighted by Crippen LogP contribution is -2.44. The molecule has 0 heterocycles. The molecule has 2 rings (SSSR count). The smallest absolute Gasteiger partial charge is 0.364 e. The second kappa shape index (κ2) is 14.7. The number of aryl methyl sites for hydroxylation is 1. The van der Waals surface area contributed by atoms with Crippen molar-refractivity contribution in [1.82, 2.24) is 0 Å². The zero-order valence-corrected chi connectivity index (χ0v) is 21.2. The predicted octanol–water partition coefficient (Wildman–Crippen LogP) is 6.91. The van der Waals surface area contributed by atoms with E-state index in [1.54, 1.807) is 0 Å². The number of likely N-dealkylation sites (N-methyl/N-ethyl adjacent to an activating group) is 1. The molecular formula is C29H44NO3+. The van der Waals surface area contributed by atoms with Crippen molar-refractivity contribution >= 4 is 5.97 Å². The Morgan fingerprint density at radius 1 is 0.848 bits per heavy atom. The molecule has 2 aromatic carbocycles. The molecule has 0 aliphatic rings. The summed E-state index contributed by atoms with van der Waals surface area (Å²) in [5.74, 6) is 0.556. The molecule has 0 aliphatic carbocycles. The van der Waals surface area contributed by atoms with Crippen LogP contribution in [0.4, 0.5) is 0 Å². The van der Waals surface area contributed by atoms with Crippen molar-refractivity contribution in [2.45, 2.75) is 84.5 Å². The van der Waals surface area contributed by atoms with E-state index in [9.17, 15) is 4.79 Å². The van der Waals surface area contributed by atoms with Crippen LogP contribution in [-0.4, -0.2) is 37.4 Å². The Kier molecular flexibility index (Phi) is 12.0. The summed E-state index contributed by atoms with van der Waals surface area (Å²) in [7, 11) is 4.10. The zero-order valence-electron chi connectivity index (χ0n) is 21.2. The van der Waals surface area contributed by atoms with Gasteiger partial charge < -0.3 is 14.0 Å². The van der Waals surface area contributed by atoms with Gasteiger partial charge in [-0.25, -0.2) is 4.79 Å². The fraction of sp³-hybridized carbons (Fsp3) is 0.552. The minimum Gasteiger partial charge on any atom is -0.455 e. The lowest BCUT2D eigenvalue weighted by atomic mass is 10.0. The Hall–Kier alpha value is -2.33. The average molecular weight is 455 g/mol. The highest BCUT2D eigenvalue weighted by atomic mass is 16.7. The Morgan fingerprint density at radius 2 is 1.55 bits per heavy atom. The molecule has 0 fully saturated rings. The maximum Gasteiger partial charge on any atom is 0.364 e. The Morgan fingerprint density at radius 3 is 2.27 bits per heavy atom. The zero-order chi connectivity index (χ0) is 23.9. The molecule has 0 aromatic heterocycles. The molecule has 4 heteroatoms. The molecule has 1 atom stereocenters. The van der Waals surface area contributed by atoms with Crippen molar-refractivity contribution in [2.24, 2.45) is 0 Å². The van der Waals surface area contributed by atoms with Gasteiger partial charge in [-0.1, -0.05) is 88.4 Å². The van der Waals surface area contributed by atoms with Gasteiger partial charge >= 0.3 is 5.97 Å². The first kappa shape index (κ1) is 26.9. The summed E-state index contributed by atoms with van der Waals surface area (Å²) >= 11 is 0. The number of quaternary nitrogens is 1. The second-order valence-electron chi connectivity index (χ2n) is 9.73. The predicted molar refractivity (Wildman–Crippen MR) is 136 cm³/mol. The van der Waals surface area contributed by atoms with Crippen LogP contribution in [0.1, 0.15) is 76.3 Å². The Labute approximate surface area is 201 Å². The number of nitrogens with zero attached hydrogens (tertiary/aromatic N) is 1. The number of benzene rings is 2. The number of carbonyl (C=O) groups excluding carboxylic acids is 1. The van der Waals surface area contributed by atoms with Crippen LogP contribution < -0.4 is 4.74 Å². The van der Waals surface area contributed by atoms with Crippen LogP contribution in [0.5, 0.6) is 5.75 Å². The van der Waals surface area contributed by atoms with Crippen molar-refractivity contribution in [3.8, 4) is 5.75 Å². The van der Waals surface area contributed by atoms with Crippen LogP contribution in [0.15, 0.2) is 54.6 Å². The number of ether oxygens (including phenoxy) is 2. The molecule has 4 nitrogen and oxygen atoms in total. The first-order chi connectivity index (χ1) is 15.9. The van der Waals surface area contributed by atoms with E-state index >= 15 is 0 Å². The number of hydrogen-bond acceptors (Lipinski definition) is 3. The molecule has 0 N–H and O–H groups in total. The minimum atomic E-state index is -0.552. The van der Waals surface area contributed by atoms with Crippen molar-refractivity contribution in [3.63, 3.8) is 0 Å². The summed E-state index contributed by atoms with van der Waals surface area (Å²) in [5, 5.41) is 0. The van der Waals surface area contributed by atoms with Gasteiger partial charge in [0.25, 0.3) is 0 Å². The lowest BCUT2D eigenvalue weighted by Gasteiger charge is -2.29. The van der Waals surface area contributed by atoms with Crippen LogP contribution in [-0.2, 0) is 22.5 Å².